The van der Waals surface area contributed by atoms with Crippen LogP contribution in [-0.2, 0) is 6.54 Å². The quantitative estimate of drug-likeness (QED) is 0.693. The van der Waals surface area contributed by atoms with E-state index in [0.29, 0.717) is 18.3 Å². The number of hydrogen-bond donors (Lipinski definition) is 2. The molecule has 0 saturated heterocycles. The Morgan fingerprint density at radius 2 is 2.28 bits per heavy atom. The van der Waals surface area contributed by atoms with E-state index in [1.807, 2.05) is 0 Å². The number of aromatic nitrogens is 2. The van der Waals surface area contributed by atoms with E-state index in [-0.39, 0.29) is 5.56 Å². The number of carboxylic acids is 1. The normalized spacial score (nSPS) is 12.3. The second kappa shape index (κ2) is 7.76. The van der Waals surface area contributed by atoms with Crippen LogP contribution >= 0.6 is 0 Å². The predicted molar refractivity (Wildman–Crippen MR) is 69.4 cm³/mol. The minimum atomic E-state index is -0.981. The summed E-state index contributed by atoms with van der Waals surface area (Å²) >= 11 is 0. The number of carboxylic acid groups (broad SMARTS) is 1. The van der Waals surface area contributed by atoms with Crippen LogP contribution in [0.2, 0.25) is 0 Å². The topological polar surface area (TPSA) is 75.1 Å². The van der Waals surface area contributed by atoms with E-state index < -0.39 is 5.97 Å². The molecule has 5 heteroatoms. The number of carbonyl (C=O) groups is 1. The third-order valence-corrected chi connectivity index (χ3v) is 2.88. The molecule has 1 aromatic rings. The van der Waals surface area contributed by atoms with Crippen molar-refractivity contribution in [3.05, 3.63) is 23.8 Å². The molecular weight excluding hydrogens is 230 g/mol. The number of nitrogens with zero attached hydrogens (tertiary/aromatic N) is 2. The van der Waals surface area contributed by atoms with Gasteiger partial charge in [0.05, 0.1) is 5.69 Å². The van der Waals surface area contributed by atoms with Crippen molar-refractivity contribution in [2.75, 3.05) is 0 Å². The van der Waals surface area contributed by atoms with Crippen molar-refractivity contribution in [2.24, 2.45) is 0 Å². The maximum absolute atomic E-state index is 11.0. The second-order valence-corrected chi connectivity index (χ2v) is 4.47. The van der Waals surface area contributed by atoms with Gasteiger partial charge in [0.25, 0.3) is 0 Å². The van der Waals surface area contributed by atoms with Crippen molar-refractivity contribution in [1.82, 2.24) is 15.3 Å². The van der Waals surface area contributed by atoms with Gasteiger partial charge in [-0.25, -0.2) is 14.8 Å². The van der Waals surface area contributed by atoms with E-state index in [9.17, 15) is 4.79 Å². The monoisotopic (exact) mass is 251 g/mol. The molecule has 0 aliphatic heterocycles. The highest BCUT2D eigenvalue weighted by molar-refractivity contribution is 5.88. The van der Waals surface area contributed by atoms with E-state index in [1.54, 1.807) is 0 Å². The first-order valence-corrected chi connectivity index (χ1v) is 6.40. The minimum Gasteiger partial charge on any atom is -0.478 e. The van der Waals surface area contributed by atoms with E-state index in [2.05, 4.69) is 29.1 Å². The molecule has 1 aromatic heterocycles. The average molecular weight is 251 g/mol. The molecular formula is C13H21N3O2. The van der Waals surface area contributed by atoms with E-state index in [1.165, 1.54) is 31.8 Å². The van der Waals surface area contributed by atoms with Crippen molar-refractivity contribution in [2.45, 2.75) is 52.1 Å². The van der Waals surface area contributed by atoms with Crippen LogP contribution in [0.3, 0.4) is 0 Å². The highest BCUT2D eigenvalue weighted by Gasteiger charge is 2.11. The lowest BCUT2D eigenvalue weighted by Crippen LogP contribution is -2.27. The molecule has 0 aromatic carbocycles. The van der Waals surface area contributed by atoms with Crippen LogP contribution in [-0.4, -0.2) is 27.1 Å². The van der Waals surface area contributed by atoms with Gasteiger partial charge in [-0.3, -0.25) is 0 Å². The minimum absolute atomic E-state index is 0.172. The lowest BCUT2D eigenvalue weighted by molar-refractivity contribution is 0.0694. The summed E-state index contributed by atoms with van der Waals surface area (Å²) in [7, 11) is 0. The number of hydrogen-bond acceptors (Lipinski definition) is 4. The van der Waals surface area contributed by atoms with Crippen molar-refractivity contribution in [3.63, 3.8) is 0 Å². The second-order valence-electron chi connectivity index (χ2n) is 4.47. The molecule has 1 rings (SSSR count). The first-order valence-electron chi connectivity index (χ1n) is 6.40. The van der Waals surface area contributed by atoms with Crippen LogP contribution in [0, 0.1) is 0 Å². The standard InChI is InChI=1S/C13H21N3O2/c1-3-4-5-6-10(2)15-8-12-11(13(17)18)7-14-9-16-12/h7,9-10,15H,3-6,8H2,1-2H3,(H,17,18). The van der Waals surface area contributed by atoms with Gasteiger partial charge >= 0.3 is 5.97 Å². The van der Waals surface area contributed by atoms with Crippen LogP contribution < -0.4 is 5.32 Å². The maximum atomic E-state index is 11.0. The molecule has 0 amide bonds. The molecule has 0 fully saturated rings. The van der Waals surface area contributed by atoms with E-state index in [4.69, 9.17) is 5.11 Å². The van der Waals surface area contributed by atoms with Crippen molar-refractivity contribution in [1.29, 1.82) is 0 Å². The smallest absolute Gasteiger partial charge is 0.339 e. The van der Waals surface area contributed by atoms with Crippen LogP contribution in [0.25, 0.3) is 0 Å². The van der Waals surface area contributed by atoms with Gasteiger partial charge in [0.2, 0.25) is 0 Å². The Morgan fingerprint density at radius 1 is 1.50 bits per heavy atom. The fraction of sp³-hybridized carbons (Fsp3) is 0.615. The largest absolute Gasteiger partial charge is 0.478 e. The van der Waals surface area contributed by atoms with E-state index in [0.717, 1.165) is 6.42 Å². The molecule has 0 aliphatic rings. The van der Waals surface area contributed by atoms with Gasteiger partial charge < -0.3 is 10.4 Å². The molecule has 100 valence electrons. The molecule has 0 aliphatic carbocycles. The SMILES string of the molecule is CCCCCC(C)NCc1ncncc1C(=O)O. The zero-order chi connectivity index (χ0) is 13.4. The molecule has 0 saturated carbocycles. The summed E-state index contributed by atoms with van der Waals surface area (Å²) in [5.74, 6) is -0.981. The first kappa shape index (κ1) is 14.6. The Hall–Kier alpha value is -1.49. The Labute approximate surface area is 108 Å². The van der Waals surface area contributed by atoms with Crippen molar-refractivity contribution in [3.8, 4) is 0 Å². The predicted octanol–water partition coefficient (Wildman–Crippen LogP) is 2.23. The number of aromatic carboxylic acids is 1. The summed E-state index contributed by atoms with van der Waals surface area (Å²) in [6.45, 7) is 4.76. The van der Waals surface area contributed by atoms with Gasteiger partial charge in [0, 0.05) is 18.8 Å². The fourth-order valence-electron chi connectivity index (χ4n) is 1.75. The highest BCUT2D eigenvalue weighted by atomic mass is 16.4. The fourth-order valence-corrected chi connectivity index (χ4v) is 1.75. The third kappa shape index (κ3) is 4.79. The van der Waals surface area contributed by atoms with Crippen LogP contribution in [0.4, 0.5) is 0 Å². The summed E-state index contributed by atoms with van der Waals surface area (Å²) in [6, 6.07) is 0.369. The molecule has 1 atom stereocenters. The summed E-state index contributed by atoms with van der Waals surface area (Å²) in [4.78, 5) is 18.7. The lowest BCUT2D eigenvalue weighted by atomic mass is 10.1. The Morgan fingerprint density at radius 3 is 2.94 bits per heavy atom. The summed E-state index contributed by atoms with van der Waals surface area (Å²) < 4.78 is 0. The van der Waals surface area contributed by atoms with Crippen LogP contribution in [0.5, 0.6) is 0 Å². The Bertz CT molecular complexity index is 382. The summed E-state index contributed by atoms with van der Waals surface area (Å²) in [6.07, 6.45) is 7.46. The van der Waals surface area contributed by atoms with Gasteiger partial charge in [-0.15, -0.1) is 0 Å². The number of nitrogens with one attached hydrogen (secondary N) is 1. The van der Waals surface area contributed by atoms with Gasteiger partial charge in [0.1, 0.15) is 11.9 Å². The van der Waals surface area contributed by atoms with Crippen LogP contribution in [0.1, 0.15) is 55.6 Å². The lowest BCUT2D eigenvalue weighted by Gasteiger charge is -2.13. The highest BCUT2D eigenvalue weighted by Crippen LogP contribution is 2.06. The zero-order valence-corrected chi connectivity index (χ0v) is 11.0. The number of rotatable bonds is 8. The number of unbranched alkanes of at least 4 members (excludes halogenated alkanes) is 2. The van der Waals surface area contributed by atoms with Crippen molar-refractivity contribution >= 4 is 5.97 Å². The molecule has 0 bridgehead atoms. The van der Waals surface area contributed by atoms with Crippen molar-refractivity contribution < 1.29 is 9.90 Å². The van der Waals surface area contributed by atoms with E-state index >= 15 is 0 Å². The van der Waals surface area contributed by atoms with Gasteiger partial charge in [0.15, 0.2) is 0 Å². The molecule has 2 N–H and O–H groups in total. The Kier molecular flexibility index (Phi) is 6.28. The van der Waals surface area contributed by atoms with Gasteiger partial charge in [-0.05, 0) is 13.3 Å². The summed E-state index contributed by atoms with van der Waals surface area (Å²) in [5.41, 5.74) is 0.714. The average Bonchev–Trinajstić information content (AvgIpc) is 2.37. The third-order valence-electron chi connectivity index (χ3n) is 2.88. The molecule has 0 radical (unpaired) electrons. The molecule has 0 spiro atoms. The van der Waals surface area contributed by atoms with Gasteiger partial charge in [-0.1, -0.05) is 26.2 Å². The molecule has 1 heterocycles. The maximum Gasteiger partial charge on any atom is 0.339 e. The van der Waals surface area contributed by atoms with Crippen LogP contribution in [0.15, 0.2) is 12.5 Å². The Balaban J connectivity index is 2.45. The zero-order valence-electron chi connectivity index (χ0n) is 11.0. The molecule has 1 unspecified atom stereocenters. The summed E-state index contributed by atoms with van der Waals surface area (Å²) in [5, 5.41) is 12.3. The molecule has 18 heavy (non-hydrogen) atoms. The molecule has 5 nitrogen and oxygen atoms in total. The van der Waals surface area contributed by atoms with Gasteiger partial charge in [-0.2, -0.15) is 0 Å². The first-order chi connectivity index (χ1) is 8.65.